The summed E-state index contributed by atoms with van der Waals surface area (Å²) in [6.07, 6.45) is 6.94. The number of amides is 1. The normalized spacial score (nSPS) is 19.0. The van der Waals surface area contributed by atoms with E-state index in [-0.39, 0.29) is 19.0 Å². The SMILES string of the molecule is COC(N)N(C)CCCCCOC[C@@H]1CC(c2ccc(-c3ccc(N4C[C@H](Cn5ccnn5)OC4=O)cc3F)cn2)=NO1. The predicted molar refractivity (Wildman–Crippen MR) is 156 cm³/mol. The van der Waals surface area contributed by atoms with Gasteiger partial charge in [-0.05, 0) is 50.6 Å². The Bertz CT molecular complexity index is 1370. The van der Waals surface area contributed by atoms with Gasteiger partial charge in [0.15, 0.2) is 12.5 Å². The first-order valence-electron chi connectivity index (χ1n) is 14.3. The molecule has 1 aromatic carbocycles. The molecule has 43 heavy (non-hydrogen) atoms. The molecule has 2 aromatic heterocycles. The Hall–Kier alpha value is -3.98. The van der Waals surface area contributed by atoms with Crippen LogP contribution in [0, 0.1) is 5.82 Å². The van der Waals surface area contributed by atoms with Crippen LogP contribution in [0.2, 0.25) is 0 Å². The number of nitrogens with zero attached hydrogens (tertiary/aromatic N) is 7. The summed E-state index contributed by atoms with van der Waals surface area (Å²) in [5, 5.41) is 11.8. The highest BCUT2D eigenvalue weighted by Gasteiger charge is 2.33. The standard InChI is InChI=1S/C29H37FN8O5/c1-36(28(31)40-2)11-4-3-5-13-41-19-22-15-27(34-43-22)26-9-6-20(16-32-26)24-8-7-21(14-25(24)30)38-18-23(42-29(38)39)17-37-12-10-33-35-37/h6-10,12,14,16,22-23,28H,3-5,11,13,15,17-19,31H2,1-2H3/t22-,23-,28?/m0/s1. The molecule has 2 aliphatic rings. The van der Waals surface area contributed by atoms with Crippen molar-refractivity contribution in [3.63, 3.8) is 0 Å². The smallest absolute Gasteiger partial charge is 0.414 e. The number of ether oxygens (including phenoxy) is 3. The van der Waals surface area contributed by atoms with Crippen LogP contribution < -0.4 is 10.6 Å². The summed E-state index contributed by atoms with van der Waals surface area (Å²) in [5.74, 6) is -0.469. The molecule has 0 aliphatic carbocycles. The lowest BCUT2D eigenvalue weighted by atomic mass is 10.0. The lowest BCUT2D eigenvalue weighted by molar-refractivity contribution is -0.0143. The van der Waals surface area contributed by atoms with Gasteiger partial charge in [0.1, 0.15) is 17.6 Å². The van der Waals surface area contributed by atoms with E-state index in [4.69, 9.17) is 24.8 Å². The number of hydrogen-bond donors (Lipinski definition) is 1. The number of methoxy groups -OCH3 is 1. The van der Waals surface area contributed by atoms with Gasteiger partial charge in [-0.25, -0.2) is 13.9 Å². The number of carbonyl (C=O) groups is 1. The van der Waals surface area contributed by atoms with Crippen LogP contribution in [0.5, 0.6) is 0 Å². The maximum Gasteiger partial charge on any atom is 0.414 e. The van der Waals surface area contributed by atoms with Crippen molar-refractivity contribution in [3.8, 4) is 11.1 Å². The van der Waals surface area contributed by atoms with Crippen LogP contribution in [-0.4, -0.2) is 95.7 Å². The van der Waals surface area contributed by atoms with E-state index >= 15 is 4.39 Å². The van der Waals surface area contributed by atoms with E-state index in [0.29, 0.717) is 48.7 Å². The molecule has 0 spiro atoms. The van der Waals surface area contributed by atoms with Crippen molar-refractivity contribution in [3.05, 3.63) is 60.4 Å². The fraction of sp³-hybridized carbons (Fsp3) is 0.483. The van der Waals surface area contributed by atoms with E-state index in [1.807, 2.05) is 11.9 Å². The van der Waals surface area contributed by atoms with E-state index in [9.17, 15) is 4.79 Å². The van der Waals surface area contributed by atoms with E-state index in [1.54, 1.807) is 54.6 Å². The zero-order chi connectivity index (χ0) is 30.2. The number of rotatable bonds is 15. The van der Waals surface area contributed by atoms with E-state index in [1.165, 1.54) is 11.0 Å². The second-order valence-corrected chi connectivity index (χ2v) is 10.5. The van der Waals surface area contributed by atoms with Crippen LogP contribution in [0.1, 0.15) is 31.4 Å². The molecule has 0 radical (unpaired) electrons. The number of oxime groups is 1. The molecule has 5 rings (SSSR count). The van der Waals surface area contributed by atoms with Crippen LogP contribution in [0.4, 0.5) is 14.9 Å². The number of hydrogen-bond acceptors (Lipinski definition) is 11. The second-order valence-electron chi connectivity index (χ2n) is 10.5. The van der Waals surface area contributed by atoms with Crippen molar-refractivity contribution in [1.29, 1.82) is 0 Å². The first kappa shape index (κ1) is 30.5. The number of aromatic nitrogens is 4. The largest absolute Gasteiger partial charge is 0.442 e. The quantitative estimate of drug-likeness (QED) is 0.205. The van der Waals surface area contributed by atoms with Gasteiger partial charge in [0.25, 0.3) is 0 Å². The molecule has 3 aromatic rings. The molecule has 1 saturated heterocycles. The first-order chi connectivity index (χ1) is 20.9. The molecule has 13 nitrogen and oxygen atoms in total. The molecule has 230 valence electrons. The second kappa shape index (κ2) is 14.5. The Balaban J connectivity index is 1.06. The minimum atomic E-state index is -0.529. The summed E-state index contributed by atoms with van der Waals surface area (Å²) < 4.78 is 33.0. The molecule has 1 fully saturated rings. The lowest BCUT2D eigenvalue weighted by Gasteiger charge is -2.22. The van der Waals surface area contributed by atoms with Crippen molar-refractivity contribution in [2.45, 2.75) is 50.8 Å². The van der Waals surface area contributed by atoms with E-state index in [0.717, 1.165) is 31.5 Å². The van der Waals surface area contributed by atoms with Crippen LogP contribution >= 0.6 is 0 Å². The van der Waals surface area contributed by atoms with Crippen LogP contribution in [0.3, 0.4) is 0 Å². The Morgan fingerprint density at radius 1 is 1.21 bits per heavy atom. The number of pyridine rings is 1. The maximum absolute atomic E-state index is 15.2. The highest BCUT2D eigenvalue weighted by atomic mass is 19.1. The summed E-state index contributed by atoms with van der Waals surface area (Å²) in [7, 11) is 3.53. The number of cyclic esters (lactones) is 1. The summed E-state index contributed by atoms with van der Waals surface area (Å²) >= 11 is 0. The van der Waals surface area contributed by atoms with Gasteiger partial charge in [0.2, 0.25) is 0 Å². The van der Waals surface area contributed by atoms with Gasteiger partial charge in [0, 0.05) is 50.2 Å². The molecule has 1 amide bonds. The van der Waals surface area contributed by atoms with Crippen molar-refractivity contribution < 1.29 is 28.2 Å². The third kappa shape index (κ3) is 7.90. The summed E-state index contributed by atoms with van der Waals surface area (Å²) in [6.45, 7) is 2.61. The number of anilines is 1. The summed E-state index contributed by atoms with van der Waals surface area (Å²) in [4.78, 5) is 25.8. The third-order valence-electron chi connectivity index (χ3n) is 7.38. The number of benzene rings is 1. The fourth-order valence-electron chi connectivity index (χ4n) is 4.93. The zero-order valence-electron chi connectivity index (χ0n) is 24.3. The molecule has 3 atom stereocenters. The third-order valence-corrected chi connectivity index (χ3v) is 7.38. The minimum absolute atomic E-state index is 0.166. The predicted octanol–water partition coefficient (Wildman–Crippen LogP) is 3.01. The summed E-state index contributed by atoms with van der Waals surface area (Å²) in [6, 6.07) is 8.25. The molecular formula is C29H37FN8O5. The van der Waals surface area contributed by atoms with E-state index in [2.05, 4.69) is 20.5 Å². The molecule has 14 heteroatoms. The Morgan fingerprint density at radius 3 is 2.84 bits per heavy atom. The zero-order valence-corrected chi connectivity index (χ0v) is 24.3. The first-order valence-corrected chi connectivity index (χ1v) is 14.3. The average molecular weight is 597 g/mol. The van der Waals surface area contributed by atoms with Gasteiger partial charge < -0.3 is 19.0 Å². The lowest BCUT2D eigenvalue weighted by Crippen LogP contribution is -2.41. The maximum atomic E-state index is 15.2. The number of unbranched alkanes of at least 4 members (excludes halogenated alkanes) is 2. The van der Waals surface area contributed by atoms with Gasteiger partial charge in [-0.15, -0.1) is 5.10 Å². The van der Waals surface area contributed by atoms with Gasteiger partial charge in [-0.1, -0.05) is 16.4 Å². The monoisotopic (exact) mass is 596 g/mol. The van der Waals surface area contributed by atoms with Crippen molar-refractivity contribution in [2.75, 3.05) is 45.4 Å². The van der Waals surface area contributed by atoms with Crippen molar-refractivity contribution in [1.82, 2.24) is 24.9 Å². The molecule has 2 N–H and O–H groups in total. The highest BCUT2D eigenvalue weighted by Crippen LogP contribution is 2.29. The summed E-state index contributed by atoms with van der Waals surface area (Å²) in [5.41, 5.74) is 8.60. The van der Waals surface area contributed by atoms with Gasteiger partial charge in [-0.3, -0.25) is 20.5 Å². The number of halogens is 1. The Labute approximate surface area is 249 Å². The van der Waals surface area contributed by atoms with Gasteiger partial charge in [-0.2, -0.15) is 0 Å². The molecule has 0 saturated carbocycles. The Kier molecular flexibility index (Phi) is 10.3. The molecule has 4 heterocycles. The highest BCUT2D eigenvalue weighted by molar-refractivity contribution is 5.99. The number of carbonyl (C=O) groups excluding carboxylic acids is 1. The van der Waals surface area contributed by atoms with E-state index < -0.39 is 18.0 Å². The van der Waals surface area contributed by atoms with Crippen LogP contribution in [0.15, 0.2) is 54.1 Å². The molecule has 0 bridgehead atoms. The Morgan fingerprint density at radius 2 is 2.09 bits per heavy atom. The fourth-order valence-corrected chi connectivity index (χ4v) is 4.93. The van der Waals surface area contributed by atoms with Crippen LogP contribution in [-0.2, 0) is 25.6 Å². The molecule has 1 unspecified atom stereocenters. The van der Waals surface area contributed by atoms with Gasteiger partial charge in [0.05, 0.1) is 37.3 Å². The number of nitrogens with two attached hydrogens (primary N) is 1. The molecule has 2 aliphatic heterocycles. The molecular weight excluding hydrogens is 559 g/mol. The van der Waals surface area contributed by atoms with Crippen molar-refractivity contribution >= 4 is 17.5 Å². The topological polar surface area (TPSA) is 142 Å². The van der Waals surface area contributed by atoms with Gasteiger partial charge >= 0.3 is 6.09 Å². The average Bonchev–Trinajstić information content (AvgIpc) is 3.78. The minimum Gasteiger partial charge on any atom is -0.442 e. The van der Waals surface area contributed by atoms with Crippen LogP contribution in [0.25, 0.3) is 11.1 Å². The van der Waals surface area contributed by atoms with Crippen molar-refractivity contribution in [2.24, 2.45) is 10.9 Å².